The van der Waals surface area contributed by atoms with Crippen LogP contribution in [0.4, 0.5) is 0 Å². The molecule has 0 spiro atoms. The summed E-state index contributed by atoms with van der Waals surface area (Å²) in [5, 5.41) is 0. The van der Waals surface area contributed by atoms with Crippen molar-refractivity contribution in [3.8, 4) is 11.5 Å². The summed E-state index contributed by atoms with van der Waals surface area (Å²) in [7, 11) is 0. The Balaban J connectivity index is 1.24. The summed E-state index contributed by atoms with van der Waals surface area (Å²) in [6, 6.07) is 29.9. The maximum absolute atomic E-state index is 5.95. The van der Waals surface area contributed by atoms with Crippen LogP contribution in [0.25, 0.3) is 0 Å². The molecule has 29 heavy (non-hydrogen) atoms. The fourth-order valence-electron chi connectivity index (χ4n) is 4.33. The van der Waals surface area contributed by atoms with E-state index in [9.17, 15) is 0 Å². The van der Waals surface area contributed by atoms with E-state index in [4.69, 9.17) is 9.47 Å². The third-order valence-electron chi connectivity index (χ3n) is 5.78. The molecule has 2 heterocycles. The van der Waals surface area contributed by atoms with Crippen molar-refractivity contribution >= 4 is 0 Å². The van der Waals surface area contributed by atoms with E-state index in [0.717, 1.165) is 44.2 Å². The molecule has 0 amide bonds. The van der Waals surface area contributed by atoms with E-state index in [0.29, 0.717) is 6.04 Å². The van der Waals surface area contributed by atoms with Crippen LogP contribution in [0.2, 0.25) is 0 Å². The van der Waals surface area contributed by atoms with Gasteiger partial charge in [-0.2, -0.15) is 0 Å². The van der Waals surface area contributed by atoms with Gasteiger partial charge in [0.1, 0.15) is 0 Å². The van der Waals surface area contributed by atoms with Gasteiger partial charge in [-0.05, 0) is 23.3 Å². The predicted molar refractivity (Wildman–Crippen MR) is 114 cm³/mol. The van der Waals surface area contributed by atoms with Gasteiger partial charge < -0.3 is 9.47 Å². The summed E-state index contributed by atoms with van der Waals surface area (Å²) in [4.78, 5) is 5.03. The normalized spacial score (nSPS) is 17.7. The fourth-order valence-corrected chi connectivity index (χ4v) is 4.33. The third kappa shape index (κ3) is 4.00. The fraction of sp³-hybridized carbons (Fsp3) is 0.280. The van der Waals surface area contributed by atoms with Gasteiger partial charge in [-0.25, -0.2) is 0 Å². The molecule has 2 aliphatic rings. The minimum atomic E-state index is -0.210. The average Bonchev–Trinajstić information content (AvgIpc) is 3.19. The van der Waals surface area contributed by atoms with Crippen molar-refractivity contribution in [2.45, 2.75) is 12.3 Å². The summed E-state index contributed by atoms with van der Waals surface area (Å²) in [6.07, 6.45) is -0.210. The lowest BCUT2D eigenvalue weighted by atomic mass is 9.96. The van der Waals surface area contributed by atoms with E-state index in [1.165, 1.54) is 11.1 Å². The number of para-hydroxylation sites is 2. The van der Waals surface area contributed by atoms with E-state index in [1.54, 1.807) is 0 Å². The summed E-state index contributed by atoms with van der Waals surface area (Å²) < 4.78 is 11.9. The predicted octanol–water partition coefficient (Wildman–Crippen LogP) is 4.19. The number of fused-ring (bicyclic) bond motifs is 1. The van der Waals surface area contributed by atoms with Gasteiger partial charge in [0.05, 0.1) is 12.6 Å². The zero-order chi connectivity index (χ0) is 19.5. The molecule has 0 N–H and O–H groups in total. The largest absolute Gasteiger partial charge is 0.450 e. The average molecular weight is 386 g/mol. The van der Waals surface area contributed by atoms with Crippen LogP contribution in [0.15, 0.2) is 84.9 Å². The zero-order valence-corrected chi connectivity index (χ0v) is 16.5. The molecule has 5 rings (SSSR count). The Kier molecular flexibility index (Phi) is 5.20. The van der Waals surface area contributed by atoms with Crippen molar-refractivity contribution in [3.63, 3.8) is 0 Å². The minimum Gasteiger partial charge on any atom is -0.450 e. The molecular formula is C25H26N2O2. The van der Waals surface area contributed by atoms with Crippen molar-refractivity contribution in [3.05, 3.63) is 96.1 Å². The minimum absolute atomic E-state index is 0.210. The lowest BCUT2D eigenvalue weighted by Crippen LogP contribution is -2.50. The Hall–Kier alpha value is -2.82. The maximum Gasteiger partial charge on any atom is 0.254 e. The summed E-state index contributed by atoms with van der Waals surface area (Å²) in [5.41, 5.74) is 2.70. The van der Waals surface area contributed by atoms with Gasteiger partial charge in [-0.1, -0.05) is 72.8 Å². The van der Waals surface area contributed by atoms with Gasteiger partial charge >= 0.3 is 0 Å². The molecule has 0 atom stereocenters. The second-order valence-electron chi connectivity index (χ2n) is 7.67. The van der Waals surface area contributed by atoms with Crippen LogP contribution in [-0.4, -0.2) is 48.8 Å². The number of piperazine rings is 1. The van der Waals surface area contributed by atoms with E-state index < -0.39 is 0 Å². The third-order valence-corrected chi connectivity index (χ3v) is 5.78. The molecule has 0 radical (unpaired) electrons. The Morgan fingerprint density at radius 1 is 0.655 bits per heavy atom. The summed E-state index contributed by atoms with van der Waals surface area (Å²) >= 11 is 0. The number of hydrogen-bond donors (Lipinski definition) is 0. The maximum atomic E-state index is 5.95. The molecule has 1 fully saturated rings. The molecule has 148 valence electrons. The Morgan fingerprint density at radius 2 is 1.14 bits per heavy atom. The highest BCUT2D eigenvalue weighted by Gasteiger charge is 2.30. The zero-order valence-electron chi connectivity index (χ0n) is 16.5. The van der Waals surface area contributed by atoms with Crippen LogP contribution in [0.5, 0.6) is 11.5 Å². The lowest BCUT2D eigenvalue weighted by molar-refractivity contribution is -0.00161. The van der Waals surface area contributed by atoms with E-state index >= 15 is 0 Å². The summed E-state index contributed by atoms with van der Waals surface area (Å²) in [6.45, 7) is 4.86. The number of nitrogens with zero attached hydrogens (tertiary/aromatic N) is 2. The van der Waals surface area contributed by atoms with E-state index in [2.05, 4.69) is 70.5 Å². The molecule has 0 aromatic heterocycles. The number of benzene rings is 3. The molecule has 1 saturated heterocycles. The molecule has 3 aromatic rings. The SMILES string of the molecule is c1ccc(C(c2ccccc2)N2CCN(CC3Oc4ccccc4O3)CC2)cc1. The van der Waals surface area contributed by atoms with Gasteiger partial charge in [-0.3, -0.25) is 9.80 Å². The topological polar surface area (TPSA) is 24.9 Å². The molecule has 0 unspecified atom stereocenters. The highest BCUT2D eigenvalue weighted by atomic mass is 16.7. The second kappa shape index (κ2) is 8.27. The smallest absolute Gasteiger partial charge is 0.254 e. The van der Waals surface area contributed by atoms with Gasteiger partial charge in [-0.15, -0.1) is 0 Å². The van der Waals surface area contributed by atoms with E-state index in [1.807, 2.05) is 24.3 Å². The molecular weight excluding hydrogens is 360 g/mol. The van der Waals surface area contributed by atoms with Crippen LogP contribution in [0.3, 0.4) is 0 Å². The van der Waals surface area contributed by atoms with Gasteiger partial charge in [0.15, 0.2) is 11.5 Å². The highest BCUT2D eigenvalue weighted by molar-refractivity contribution is 5.41. The van der Waals surface area contributed by atoms with Crippen LogP contribution < -0.4 is 9.47 Å². The van der Waals surface area contributed by atoms with Gasteiger partial charge in [0.25, 0.3) is 6.29 Å². The highest BCUT2D eigenvalue weighted by Crippen LogP contribution is 2.34. The molecule has 4 nitrogen and oxygen atoms in total. The molecule has 0 bridgehead atoms. The Labute approximate surface area is 172 Å². The molecule has 4 heteroatoms. The lowest BCUT2D eigenvalue weighted by Gasteiger charge is -2.40. The van der Waals surface area contributed by atoms with Crippen molar-refractivity contribution in [2.24, 2.45) is 0 Å². The van der Waals surface area contributed by atoms with Crippen LogP contribution in [0, 0.1) is 0 Å². The first-order valence-electron chi connectivity index (χ1n) is 10.4. The first kappa shape index (κ1) is 18.2. The molecule has 0 aliphatic carbocycles. The molecule has 2 aliphatic heterocycles. The van der Waals surface area contributed by atoms with Crippen molar-refractivity contribution < 1.29 is 9.47 Å². The monoisotopic (exact) mass is 386 g/mol. The van der Waals surface area contributed by atoms with Crippen LogP contribution in [-0.2, 0) is 0 Å². The van der Waals surface area contributed by atoms with Crippen molar-refractivity contribution in [2.75, 3.05) is 32.7 Å². The van der Waals surface area contributed by atoms with Gasteiger partial charge in [0.2, 0.25) is 0 Å². The molecule has 0 saturated carbocycles. The standard InChI is InChI=1S/C25H26N2O2/c1-3-9-20(10-4-1)25(21-11-5-2-6-12-21)27-17-15-26(16-18-27)19-24-28-22-13-7-8-14-23(22)29-24/h1-14,24-25H,15-19H2. The quantitative estimate of drug-likeness (QED) is 0.656. The van der Waals surface area contributed by atoms with E-state index in [-0.39, 0.29) is 6.29 Å². The van der Waals surface area contributed by atoms with Crippen LogP contribution >= 0.6 is 0 Å². The second-order valence-corrected chi connectivity index (χ2v) is 7.67. The number of hydrogen-bond acceptors (Lipinski definition) is 4. The Bertz CT molecular complexity index is 859. The van der Waals surface area contributed by atoms with Gasteiger partial charge in [0, 0.05) is 26.2 Å². The Morgan fingerprint density at radius 3 is 1.66 bits per heavy atom. The molecule has 3 aromatic carbocycles. The first-order valence-corrected chi connectivity index (χ1v) is 10.4. The summed E-state index contributed by atoms with van der Waals surface area (Å²) in [5.74, 6) is 1.70. The van der Waals surface area contributed by atoms with Crippen molar-refractivity contribution in [1.29, 1.82) is 0 Å². The number of rotatable bonds is 5. The van der Waals surface area contributed by atoms with Crippen LogP contribution in [0.1, 0.15) is 17.2 Å². The first-order chi connectivity index (χ1) is 14.4. The van der Waals surface area contributed by atoms with Crippen molar-refractivity contribution in [1.82, 2.24) is 9.80 Å². The number of ether oxygens (including phenoxy) is 2.